The van der Waals surface area contributed by atoms with Crippen LogP contribution in [-0.4, -0.2) is 34.8 Å². The summed E-state index contributed by atoms with van der Waals surface area (Å²) in [4.78, 5) is 16.3. The van der Waals surface area contributed by atoms with Gasteiger partial charge >= 0.3 is 6.03 Å². The predicted molar refractivity (Wildman–Crippen MR) is 81.9 cm³/mol. The number of carbonyl (C=O) groups excluding carboxylic acids is 1. The predicted octanol–water partition coefficient (Wildman–Crippen LogP) is 1.86. The topological polar surface area (TPSA) is 74.2 Å². The van der Waals surface area contributed by atoms with Crippen molar-refractivity contribution in [2.24, 2.45) is 5.92 Å². The average Bonchev–Trinajstić information content (AvgIpc) is 2.45. The van der Waals surface area contributed by atoms with Gasteiger partial charge in [0.1, 0.15) is 0 Å². The fraction of sp³-hybridized carbons (Fsp3) is 0.625. The molecule has 5 heteroatoms. The maximum absolute atomic E-state index is 11.9. The summed E-state index contributed by atoms with van der Waals surface area (Å²) in [6.45, 7) is 2.80. The van der Waals surface area contributed by atoms with Crippen LogP contribution < -0.4 is 10.6 Å². The molecule has 0 bridgehead atoms. The summed E-state index contributed by atoms with van der Waals surface area (Å²) in [5, 5.41) is 15.4. The van der Waals surface area contributed by atoms with E-state index in [1.165, 1.54) is 0 Å². The Hall–Kier alpha value is -1.62. The number of hydrogen-bond donors (Lipinski definition) is 3. The Morgan fingerprint density at radius 2 is 2.29 bits per heavy atom. The van der Waals surface area contributed by atoms with E-state index in [4.69, 9.17) is 0 Å². The van der Waals surface area contributed by atoms with Gasteiger partial charge < -0.3 is 15.7 Å². The summed E-state index contributed by atoms with van der Waals surface area (Å²) < 4.78 is 0. The van der Waals surface area contributed by atoms with E-state index in [1.54, 1.807) is 6.20 Å². The second-order valence-corrected chi connectivity index (χ2v) is 5.77. The molecule has 0 aliphatic heterocycles. The highest BCUT2D eigenvalue weighted by molar-refractivity contribution is 5.74. The Bertz CT molecular complexity index is 432. The van der Waals surface area contributed by atoms with E-state index in [9.17, 15) is 9.90 Å². The van der Waals surface area contributed by atoms with Crippen molar-refractivity contribution < 1.29 is 9.90 Å². The van der Waals surface area contributed by atoms with Crippen molar-refractivity contribution in [3.8, 4) is 0 Å². The molecule has 5 nitrogen and oxygen atoms in total. The molecular formula is C16H25N3O2. The van der Waals surface area contributed by atoms with Crippen LogP contribution in [-0.2, 0) is 6.42 Å². The normalized spacial score (nSPS) is 22.2. The fourth-order valence-corrected chi connectivity index (χ4v) is 2.64. The van der Waals surface area contributed by atoms with Gasteiger partial charge in [0.05, 0.1) is 6.10 Å². The quantitative estimate of drug-likeness (QED) is 0.671. The standard InChI is InChI=1S/C16H25N3O2/c1-2-3-7-18-16(21)19-15(12-9-14(20)10-12)11-13-6-4-5-8-17-13/h4-6,8,12,14-15,20H,2-3,7,9-11H2,1H3,(H2,18,19,21)/t12?,14?,15-/m1/s1. The van der Waals surface area contributed by atoms with Crippen molar-refractivity contribution in [1.29, 1.82) is 0 Å². The summed E-state index contributed by atoms with van der Waals surface area (Å²) in [5.41, 5.74) is 0.970. The van der Waals surface area contributed by atoms with Crippen LogP contribution in [0.3, 0.4) is 0 Å². The number of nitrogens with one attached hydrogen (secondary N) is 2. The first kappa shape index (κ1) is 15.8. The van der Waals surface area contributed by atoms with Crippen molar-refractivity contribution in [2.45, 2.75) is 51.2 Å². The van der Waals surface area contributed by atoms with Gasteiger partial charge in [-0.2, -0.15) is 0 Å². The monoisotopic (exact) mass is 291 g/mol. The number of urea groups is 1. The molecule has 1 fully saturated rings. The van der Waals surface area contributed by atoms with Gasteiger partial charge in [0.15, 0.2) is 0 Å². The molecular weight excluding hydrogens is 266 g/mol. The summed E-state index contributed by atoms with van der Waals surface area (Å²) >= 11 is 0. The number of aromatic nitrogens is 1. The molecule has 1 heterocycles. The molecule has 0 unspecified atom stereocenters. The molecule has 1 aromatic heterocycles. The largest absolute Gasteiger partial charge is 0.393 e. The van der Waals surface area contributed by atoms with Gasteiger partial charge in [-0.05, 0) is 37.3 Å². The van der Waals surface area contributed by atoms with Crippen LogP contribution in [0.15, 0.2) is 24.4 Å². The van der Waals surface area contributed by atoms with Gasteiger partial charge in [-0.3, -0.25) is 4.98 Å². The smallest absolute Gasteiger partial charge is 0.315 e. The third kappa shape index (κ3) is 5.01. The highest BCUT2D eigenvalue weighted by Gasteiger charge is 2.34. The molecule has 1 aliphatic rings. The van der Waals surface area contributed by atoms with Gasteiger partial charge in [0.25, 0.3) is 0 Å². The lowest BCUT2D eigenvalue weighted by Crippen LogP contribution is -2.51. The molecule has 1 saturated carbocycles. The second-order valence-electron chi connectivity index (χ2n) is 5.77. The zero-order valence-corrected chi connectivity index (χ0v) is 12.6. The summed E-state index contributed by atoms with van der Waals surface area (Å²) in [6, 6.07) is 5.72. The van der Waals surface area contributed by atoms with Gasteiger partial charge in [-0.15, -0.1) is 0 Å². The number of rotatable bonds is 7. The number of hydrogen-bond acceptors (Lipinski definition) is 3. The Kier molecular flexibility index (Phi) is 5.99. The van der Waals surface area contributed by atoms with Crippen LogP contribution in [0, 0.1) is 5.92 Å². The maximum Gasteiger partial charge on any atom is 0.315 e. The average molecular weight is 291 g/mol. The molecule has 21 heavy (non-hydrogen) atoms. The maximum atomic E-state index is 11.9. The first-order valence-electron chi connectivity index (χ1n) is 7.81. The van der Waals surface area contributed by atoms with E-state index in [0.717, 1.165) is 31.4 Å². The first-order valence-corrected chi connectivity index (χ1v) is 7.81. The minimum Gasteiger partial charge on any atom is -0.393 e. The lowest BCUT2D eigenvalue weighted by molar-refractivity contribution is 0.0261. The Labute approximate surface area is 126 Å². The molecule has 0 aromatic carbocycles. The third-order valence-corrected chi connectivity index (χ3v) is 4.01. The van der Waals surface area contributed by atoms with Crippen molar-refractivity contribution in [2.75, 3.05) is 6.54 Å². The van der Waals surface area contributed by atoms with Gasteiger partial charge in [0.2, 0.25) is 0 Å². The molecule has 1 atom stereocenters. The van der Waals surface area contributed by atoms with Crippen LogP contribution >= 0.6 is 0 Å². The second kappa shape index (κ2) is 7.98. The van der Waals surface area contributed by atoms with E-state index in [0.29, 0.717) is 18.9 Å². The molecule has 1 aromatic rings. The van der Waals surface area contributed by atoms with Crippen molar-refractivity contribution >= 4 is 6.03 Å². The number of carbonyl (C=O) groups is 1. The SMILES string of the molecule is CCCCNC(=O)N[C@H](Cc1ccccn1)C1CC(O)C1. The Morgan fingerprint density at radius 3 is 2.90 bits per heavy atom. The first-order chi connectivity index (χ1) is 10.2. The van der Waals surface area contributed by atoms with E-state index in [-0.39, 0.29) is 18.2 Å². The van der Waals surface area contributed by atoms with E-state index < -0.39 is 0 Å². The third-order valence-electron chi connectivity index (χ3n) is 4.01. The van der Waals surface area contributed by atoms with E-state index in [1.807, 2.05) is 18.2 Å². The van der Waals surface area contributed by atoms with E-state index in [2.05, 4.69) is 22.5 Å². The molecule has 2 amide bonds. The summed E-state index contributed by atoms with van der Waals surface area (Å²) in [5.74, 6) is 0.332. The van der Waals surface area contributed by atoms with Crippen molar-refractivity contribution in [3.05, 3.63) is 30.1 Å². The summed E-state index contributed by atoms with van der Waals surface area (Å²) in [7, 11) is 0. The van der Waals surface area contributed by atoms with Crippen LogP contribution in [0.2, 0.25) is 0 Å². The van der Waals surface area contributed by atoms with Crippen LogP contribution in [0.1, 0.15) is 38.3 Å². The number of amides is 2. The van der Waals surface area contributed by atoms with Crippen LogP contribution in [0.25, 0.3) is 0 Å². The lowest BCUT2D eigenvalue weighted by Gasteiger charge is -2.38. The minimum absolute atomic E-state index is 0.0323. The van der Waals surface area contributed by atoms with Crippen molar-refractivity contribution in [3.63, 3.8) is 0 Å². The Morgan fingerprint density at radius 1 is 1.48 bits per heavy atom. The molecule has 0 radical (unpaired) electrons. The molecule has 3 N–H and O–H groups in total. The number of nitrogens with zero attached hydrogens (tertiary/aromatic N) is 1. The molecule has 1 aliphatic carbocycles. The van der Waals surface area contributed by atoms with E-state index >= 15 is 0 Å². The number of pyridine rings is 1. The molecule has 0 saturated heterocycles. The lowest BCUT2D eigenvalue weighted by atomic mass is 9.76. The zero-order chi connectivity index (χ0) is 15.1. The number of unbranched alkanes of at least 4 members (excludes halogenated alkanes) is 1. The van der Waals surface area contributed by atoms with Gasteiger partial charge in [-0.25, -0.2) is 4.79 Å². The highest BCUT2D eigenvalue weighted by Crippen LogP contribution is 2.31. The number of aliphatic hydroxyl groups excluding tert-OH is 1. The minimum atomic E-state index is -0.216. The molecule has 0 spiro atoms. The summed E-state index contributed by atoms with van der Waals surface area (Å²) in [6.07, 6.45) is 5.82. The Balaban J connectivity index is 1.88. The van der Waals surface area contributed by atoms with Crippen LogP contribution in [0.5, 0.6) is 0 Å². The molecule has 116 valence electrons. The highest BCUT2D eigenvalue weighted by atomic mass is 16.3. The van der Waals surface area contributed by atoms with Crippen LogP contribution in [0.4, 0.5) is 4.79 Å². The fourth-order valence-electron chi connectivity index (χ4n) is 2.64. The van der Waals surface area contributed by atoms with Gasteiger partial charge in [-0.1, -0.05) is 19.4 Å². The zero-order valence-electron chi connectivity index (χ0n) is 12.6. The number of aliphatic hydroxyl groups is 1. The van der Waals surface area contributed by atoms with Gasteiger partial charge in [0, 0.05) is 30.9 Å². The van der Waals surface area contributed by atoms with Crippen molar-refractivity contribution in [1.82, 2.24) is 15.6 Å². The molecule has 2 rings (SSSR count).